The van der Waals surface area contributed by atoms with Gasteiger partial charge in [-0.05, 0) is 59.2 Å². The first-order valence-corrected chi connectivity index (χ1v) is 6.58. The third kappa shape index (κ3) is 5.53. The van der Waals surface area contributed by atoms with Crippen LogP contribution in [0.25, 0.3) is 0 Å². The summed E-state index contributed by atoms with van der Waals surface area (Å²) in [5.41, 5.74) is 0. The third-order valence-corrected chi connectivity index (χ3v) is 3.71. The first-order valence-electron chi connectivity index (χ1n) is 6.58. The molecule has 0 aromatic heterocycles. The van der Waals surface area contributed by atoms with Crippen LogP contribution in [-0.2, 0) is 0 Å². The van der Waals surface area contributed by atoms with E-state index in [0.717, 1.165) is 5.92 Å². The van der Waals surface area contributed by atoms with E-state index in [0.29, 0.717) is 6.04 Å². The average Bonchev–Trinajstić information content (AvgIpc) is 2.70. The third-order valence-electron chi connectivity index (χ3n) is 3.71. The van der Waals surface area contributed by atoms with Gasteiger partial charge in [-0.3, -0.25) is 0 Å². The van der Waals surface area contributed by atoms with E-state index in [-0.39, 0.29) is 0 Å². The minimum absolute atomic E-state index is 0.671. The molecule has 1 aliphatic carbocycles. The quantitative estimate of drug-likeness (QED) is 0.697. The van der Waals surface area contributed by atoms with Gasteiger partial charge in [0.25, 0.3) is 0 Å². The zero-order valence-corrected chi connectivity index (χ0v) is 10.8. The first kappa shape index (κ1) is 13.0. The molecule has 1 rings (SSSR count). The maximum absolute atomic E-state index is 3.29. The molecule has 0 radical (unpaired) electrons. The second-order valence-electron chi connectivity index (χ2n) is 5.24. The second kappa shape index (κ2) is 7.24. The van der Waals surface area contributed by atoms with Crippen LogP contribution < -0.4 is 5.32 Å². The van der Waals surface area contributed by atoms with Gasteiger partial charge in [-0.15, -0.1) is 0 Å². The highest BCUT2D eigenvalue weighted by molar-refractivity contribution is 4.70. The molecule has 0 saturated heterocycles. The Morgan fingerprint density at radius 2 is 2.00 bits per heavy atom. The van der Waals surface area contributed by atoms with Crippen molar-refractivity contribution in [3.8, 4) is 0 Å². The predicted molar refractivity (Wildman–Crippen MR) is 67.2 cm³/mol. The largest absolute Gasteiger partial charge is 0.317 e. The minimum Gasteiger partial charge on any atom is -0.317 e. The van der Waals surface area contributed by atoms with Crippen LogP contribution in [0.4, 0.5) is 0 Å². The molecule has 15 heavy (non-hydrogen) atoms. The van der Waals surface area contributed by atoms with Crippen LogP contribution in [0.5, 0.6) is 0 Å². The van der Waals surface area contributed by atoms with E-state index in [4.69, 9.17) is 0 Å². The van der Waals surface area contributed by atoms with Crippen molar-refractivity contribution >= 4 is 0 Å². The van der Waals surface area contributed by atoms with Crippen molar-refractivity contribution in [3.05, 3.63) is 0 Å². The lowest BCUT2D eigenvalue weighted by Gasteiger charge is -2.21. The van der Waals surface area contributed by atoms with Crippen LogP contribution in [0.1, 0.15) is 45.4 Å². The molecule has 1 unspecified atom stereocenters. The van der Waals surface area contributed by atoms with Crippen LogP contribution in [-0.4, -0.2) is 38.1 Å². The molecule has 0 aliphatic heterocycles. The molecule has 0 heterocycles. The van der Waals surface area contributed by atoms with Gasteiger partial charge in [-0.25, -0.2) is 0 Å². The van der Waals surface area contributed by atoms with Crippen molar-refractivity contribution in [3.63, 3.8) is 0 Å². The Balaban J connectivity index is 2.00. The smallest absolute Gasteiger partial charge is 0.00362 e. The SMILES string of the molecule is CNC(C)CCCN(C)CC1CCCC1. The molecule has 1 N–H and O–H groups in total. The summed E-state index contributed by atoms with van der Waals surface area (Å²) in [4.78, 5) is 2.53. The van der Waals surface area contributed by atoms with E-state index in [9.17, 15) is 0 Å². The van der Waals surface area contributed by atoms with Crippen LogP contribution >= 0.6 is 0 Å². The highest BCUT2D eigenvalue weighted by Gasteiger charge is 2.16. The molecule has 1 saturated carbocycles. The summed E-state index contributed by atoms with van der Waals surface area (Å²) in [6.45, 7) is 4.85. The van der Waals surface area contributed by atoms with Gasteiger partial charge in [0.15, 0.2) is 0 Å². The van der Waals surface area contributed by atoms with Crippen molar-refractivity contribution in [1.82, 2.24) is 10.2 Å². The van der Waals surface area contributed by atoms with Crippen molar-refractivity contribution in [2.24, 2.45) is 5.92 Å². The Morgan fingerprint density at radius 3 is 2.60 bits per heavy atom. The number of nitrogens with zero attached hydrogens (tertiary/aromatic N) is 1. The summed E-state index contributed by atoms with van der Waals surface area (Å²) in [6.07, 6.45) is 8.50. The molecule has 0 bridgehead atoms. The summed E-state index contributed by atoms with van der Waals surface area (Å²) in [7, 11) is 4.33. The van der Waals surface area contributed by atoms with Crippen LogP contribution in [0, 0.1) is 5.92 Å². The van der Waals surface area contributed by atoms with Crippen molar-refractivity contribution < 1.29 is 0 Å². The van der Waals surface area contributed by atoms with Crippen LogP contribution in [0.15, 0.2) is 0 Å². The van der Waals surface area contributed by atoms with E-state index in [2.05, 4.69) is 24.2 Å². The highest BCUT2D eigenvalue weighted by Crippen LogP contribution is 2.25. The molecule has 1 fully saturated rings. The fourth-order valence-corrected chi connectivity index (χ4v) is 2.54. The van der Waals surface area contributed by atoms with Crippen molar-refractivity contribution in [1.29, 1.82) is 0 Å². The lowest BCUT2D eigenvalue weighted by Crippen LogP contribution is -2.27. The Bertz CT molecular complexity index is 153. The van der Waals surface area contributed by atoms with Gasteiger partial charge in [0.05, 0.1) is 0 Å². The van der Waals surface area contributed by atoms with Gasteiger partial charge in [0, 0.05) is 12.6 Å². The minimum atomic E-state index is 0.671. The van der Waals surface area contributed by atoms with Crippen molar-refractivity contribution in [2.45, 2.75) is 51.5 Å². The van der Waals surface area contributed by atoms with Gasteiger partial charge in [0.1, 0.15) is 0 Å². The monoisotopic (exact) mass is 212 g/mol. The summed E-state index contributed by atoms with van der Waals surface area (Å²) < 4.78 is 0. The molecule has 2 nitrogen and oxygen atoms in total. The molecule has 0 spiro atoms. The zero-order valence-electron chi connectivity index (χ0n) is 10.8. The molecule has 0 aromatic carbocycles. The van der Waals surface area contributed by atoms with Crippen molar-refractivity contribution in [2.75, 3.05) is 27.2 Å². The fourth-order valence-electron chi connectivity index (χ4n) is 2.54. The first-order chi connectivity index (χ1) is 7.22. The summed E-state index contributed by atoms with van der Waals surface area (Å²) in [6, 6.07) is 0.671. The Kier molecular flexibility index (Phi) is 6.26. The number of rotatable bonds is 7. The van der Waals surface area contributed by atoms with Crippen LogP contribution in [0.2, 0.25) is 0 Å². The molecule has 1 aliphatic rings. The maximum atomic E-state index is 3.29. The maximum Gasteiger partial charge on any atom is 0.00362 e. The molecular weight excluding hydrogens is 184 g/mol. The zero-order chi connectivity index (χ0) is 11.1. The molecular formula is C13H28N2. The normalized spacial score (nSPS) is 20.0. The van der Waals surface area contributed by atoms with Gasteiger partial charge >= 0.3 is 0 Å². The lowest BCUT2D eigenvalue weighted by atomic mass is 10.1. The summed E-state index contributed by atoms with van der Waals surface area (Å²) in [5.74, 6) is 0.997. The van der Waals surface area contributed by atoms with Gasteiger partial charge in [0.2, 0.25) is 0 Å². The van der Waals surface area contributed by atoms with E-state index in [1.165, 1.54) is 51.6 Å². The molecule has 2 heteroatoms. The van der Waals surface area contributed by atoms with Gasteiger partial charge in [-0.1, -0.05) is 12.8 Å². The molecule has 0 aromatic rings. The van der Waals surface area contributed by atoms with E-state index < -0.39 is 0 Å². The standard InChI is InChI=1S/C13H28N2/c1-12(14-2)7-6-10-15(3)11-13-8-4-5-9-13/h12-14H,4-11H2,1-3H3. The summed E-state index contributed by atoms with van der Waals surface area (Å²) in [5, 5.41) is 3.29. The Morgan fingerprint density at radius 1 is 1.33 bits per heavy atom. The average molecular weight is 212 g/mol. The number of nitrogens with one attached hydrogen (secondary N) is 1. The molecule has 1 atom stereocenters. The van der Waals surface area contributed by atoms with Crippen LogP contribution in [0.3, 0.4) is 0 Å². The lowest BCUT2D eigenvalue weighted by molar-refractivity contribution is 0.269. The molecule has 0 amide bonds. The van der Waals surface area contributed by atoms with E-state index in [1.54, 1.807) is 0 Å². The fraction of sp³-hybridized carbons (Fsp3) is 1.00. The molecule has 90 valence electrons. The van der Waals surface area contributed by atoms with E-state index >= 15 is 0 Å². The van der Waals surface area contributed by atoms with E-state index in [1.807, 2.05) is 7.05 Å². The Hall–Kier alpha value is -0.0800. The number of hydrogen-bond acceptors (Lipinski definition) is 2. The van der Waals surface area contributed by atoms with Gasteiger partial charge < -0.3 is 10.2 Å². The second-order valence-corrected chi connectivity index (χ2v) is 5.24. The topological polar surface area (TPSA) is 15.3 Å². The van der Waals surface area contributed by atoms with Gasteiger partial charge in [-0.2, -0.15) is 0 Å². The highest BCUT2D eigenvalue weighted by atomic mass is 15.1. The number of hydrogen-bond donors (Lipinski definition) is 1. The Labute approximate surface area is 95.4 Å². The summed E-state index contributed by atoms with van der Waals surface area (Å²) >= 11 is 0. The predicted octanol–water partition coefficient (Wildman–Crippen LogP) is 2.50.